The second-order valence-corrected chi connectivity index (χ2v) is 6.09. The lowest BCUT2D eigenvalue weighted by atomic mass is 10.1. The number of aromatic nitrogens is 3. The van der Waals surface area contributed by atoms with Crippen molar-refractivity contribution in [1.82, 2.24) is 20.0 Å². The summed E-state index contributed by atoms with van der Waals surface area (Å²) < 4.78 is 10.4. The van der Waals surface area contributed by atoms with Crippen LogP contribution in [0.15, 0.2) is 16.9 Å². The predicted octanol–water partition coefficient (Wildman–Crippen LogP) is 1.59. The molecule has 1 aliphatic rings. The zero-order chi connectivity index (χ0) is 17.1. The van der Waals surface area contributed by atoms with Crippen molar-refractivity contribution in [2.75, 3.05) is 25.5 Å². The molecule has 3 rings (SSSR count). The monoisotopic (exact) mass is 331 g/mol. The highest BCUT2D eigenvalue weighted by Gasteiger charge is 2.23. The smallest absolute Gasteiger partial charge is 0.240 e. The average molecular weight is 331 g/mol. The second kappa shape index (κ2) is 6.96. The Labute approximate surface area is 140 Å². The van der Waals surface area contributed by atoms with Gasteiger partial charge in [-0.15, -0.1) is 0 Å². The minimum Gasteiger partial charge on any atom is -0.481 e. The van der Waals surface area contributed by atoms with Crippen molar-refractivity contribution in [1.29, 1.82) is 0 Å². The third kappa shape index (κ3) is 3.53. The molecule has 0 radical (unpaired) electrons. The van der Waals surface area contributed by atoms with Crippen LogP contribution >= 0.6 is 0 Å². The molecule has 2 aromatic rings. The fraction of sp³-hybridized carbons (Fsp3) is 0.500. The van der Waals surface area contributed by atoms with Gasteiger partial charge < -0.3 is 9.26 Å². The molecule has 0 fully saturated rings. The summed E-state index contributed by atoms with van der Waals surface area (Å²) in [6.45, 7) is 5.64. The number of nitrogens with one attached hydrogen (secondary N) is 1. The first kappa shape index (κ1) is 16.4. The summed E-state index contributed by atoms with van der Waals surface area (Å²) in [6, 6.07) is 1.75. The molecule has 1 N–H and O–H groups in total. The van der Waals surface area contributed by atoms with Gasteiger partial charge in [0.15, 0.2) is 0 Å². The maximum absolute atomic E-state index is 12.2. The lowest BCUT2D eigenvalue weighted by molar-refractivity contribution is -0.117. The summed E-state index contributed by atoms with van der Waals surface area (Å²) in [5.74, 6) is 1.06. The molecule has 1 aliphatic heterocycles. The van der Waals surface area contributed by atoms with Crippen LogP contribution in [0, 0.1) is 0 Å². The molecule has 0 atom stereocenters. The first-order valence-electron chi connectivity index (χ1n) is 7.92. The number of hydrogen-bond donors (Lipinski definition) is 1. The topological polar surface area (TPSA) is 93.4 Å². The van der Waals surface area contributed by atoms with Crippen molar-refractivity contribution in [3.05, 3.63) is 29.3 Å². The first-order chi connectivity index (χ1) is 11.6. The van der Waals surface area contributed by atoms with E-state index in [0.717, 1.165) is 29.9 Å². The number of nitrogens with zero attached hydrogens (tertiary/aromatic N) is 4. The van der Waals surface area contributed by atoms with Crippen LogP contribution in [0.3, 0.4) is 0 Å². The summed E-state index contributed by atoms with van der Waals surface area (Å²) in [7, 11) is 1.59. The highest BCUT2D eigenvalue weighted by Crippen LogP contribution is 2.24. The van der Waals surface area contributed by atoms with Crippen LogP contribution in [0.25, 0.3) is 0 Å². The molecule has 1 amide bonds. The Morgan fingerprint density at radius 2 is 2.29 bits per heavy atom. The van der Waals surface area contributed by atoms with Gasteiger partial charge in [0.1, 0.15) is 6.33 Å². The standard InChI is InChI=1S/C16H21N5O3/c1-10(2)13-6-15(24-20-13)19-14(22)8-21-5-4-12-11(7-21)16(23-3)18-9-17-12/h6,9-10H,4-5,7-8H2,1-3H3,(H,19,22). The summed E-state index contributed by atoms with van der Waals surface area (Å²) in [5, 5.41) is 6.68. The van der Waals surface area contributed by atoms with Crippen molar-refractivity contribution in [2.24, 2.45) is 0 Å². The number of anilines is 1. The van der Waals surface area contributed by atoms with Gasteiger partial charge in [0.2, 0.25) is 17.7 Å². The van der Waals surface area contributed by atoms with Gasteiger partial charge >= 0.3 is 0 Å². The van der Waals surface area contributed by atoms with Gasteiger partial charge in [-0.25, -0.2) is 9.97 Å². The molecule has 3 heterocycles. The van der Waals surface area contributed by atoms with E-state index in [0.29, 0.717) is 18.3 Å². The zero-order valence-corrected chi connectivity index (χ0v) is 14.1. The fourth-order valence-corrected chi connectivity index (χ4v) is 2.68. The Balaban J connectivity index is 1.61. The molecular weight excluding hydrogens is 310 g/mol. The van der Waals surface area contributed by atoms with Crippen molar-refractivity contribution in [2.45, 2.75) is 32.7 Å². The molecule has 128 valence electrons. The SMILES string of the molecule is COc1ncnc2c1CN(CC(=O)Nc1cc(C(C)C)no1)CC2. The quantitative estimate of drug-likeness (QED) is 0.889. The Morgan fingerprint density at radius 1 is 1.46 bits per heavy atom. The van der Waals surface area contributed by atoms with E-state index in [1.165, 1.54) is 6.33 Å². The predicted molar refractivity (Wildman–Crippen MR) is 86.8 cm³/mol. The summed E-state index contributed by atoms with van der Waals surface area (Å²) in [4.78, 5) is 22.7. The number of fused-ring (bicyclic) bond motifs is 1. The van der Waals surface area contributed by atoms with Crippen LogP contribution in [0.4, 0.5) is 5.88 Å². The molecular formula is C16H21N5O3. The lowest BCUT2D eigenvalue weighted by Crippen LogP contribution is -2.37. The maximum atomic E-state index is 12.2. The molecule has 8 nitrogen and oxygen atoms in total. The third-order valence-corrected chi connectivity index (χ3v) is 3.98. The first-order valence-corrected chi connectivity index (χ1v) is 7.92. The van der Waals surface area contributed by atoms with E-state index in [1.807, 2.05) is 18.7 Å². The van der Waals surface area contributed by atoms with Crippen LogP contribution in [-0.4, -0.2) is 46.1 Å². The van der Waals surface area contributed by atoms with E-state index < -0.39 is 0 Å². The van der Waals surface area contributed by atoms with E-state index in [4.69, 9.17) is 9.26 Å². The molecule has 8 heteroatoms. The largest absolute Gasteiger partial charge is 0.481 e. The Kier molecular flexibility index (Phi) is 4.75. The van der Waals surface area contributed by atoms with Gasteiger partial charge in [0.25, 0.3) is 0 Å². The minimum absolute atomic E-state index is 0.138. The fourth-order valence-electron chi connectivity index (χ4n) is 2.68. The number of hydrogen-bond acceptors (Lipinski definition) is 7. The van der Waals surface area contributed by atoms with Crippen molar-refractivity contribution < 1.29 is 14.1 Å². The third-order valence-electron chi connectivity index (χ3n) is 3.98. The normalized spacial score (nSPS) is 14.5. The summed E-state index contributed by atoms with van der Waals surface area (Å²) >= 11 is 0. The molecule has 2 aromatic heterocycles. The van der Waals surface area contributed by atoms with Crippen LogP contribution in [0.5, 0.6) is 5.88 Å². The number of rotatable bonds is 5. The van der Waals surface area contributed by atoms with Crippen LogP contribution < -0.4 is 10.1 Å². The maximum Gasteiger partial charge on any atom is 0.240 e. The Bertz CT molecular complexity index is 714. The highest BCUT2D eigenvalue weighted by molar-refractivity contribution is 5.91. The van der Waals surface area contributed by atoms with E-state index in [9.17, 15) is 4.79 Å². The zero-order valence-electron chi connectivity index (χ0n) is 14.1. The van der Waals surface area contributed by atoms with Gasteiger partial charge in [-0.05, 0) is 5.92 Å². The Morgan fingerprint density at radius 3 is 3.00 bits per heavy atom. The molecule has 0 saturated heterocycles. The molecule has 0 bridgehead atoms. The van der Waals surface area contributed by atoms with E-state index >= 15 is 0 Å². The number of carbonyl (C=O) groups excluding carboxylic acids is 1. The molecule has 0 saturated carbocycles. The van der Waals surface area contributed by atoms with Gasteiger partial charge in [-0.1, -0.05) is 19.0 Å². The van der Waals surface area contributed by atoms with Gasteiger partial charge in [-0.2, -0.15) is 0 Å². The molecule has 0 aliphatic carbocycles. The van der Waals surface area contributed by atoms with E-state index in [2.05, 4.69) is 20.4 Å². The highest BCUT2D eigenvalue weighted by atomic mass is 16.5. The van der Waals surface area contributed by atoms with Crippen LogP contribution in [0.2, 0.25) is 0 Å². The van der Waals surface area contributed by atoms with Crippen molar-refractivity contribution in [3.63, 3.8) is 0 Å². The van der Waals surface area contributed by atoms with E-state index in [-0.39, 0.29) is 18.4 Å². The van der Waals surface area contributed by atoms with Crippen LogP contribution in [0.1, 0.15) is 36.7 Å². The average Bonchev–Trinajstić information content (AvgIpc) is 3.02. The lowest BCUT2D eigenvalue weighted by Gasteiger charge is -2.27. The number of carbonyl (C=O) groups is 1. The van der Waals surface area contributed by atoms with Crippen molar-refractivity contribution in [3.8, 4) is 5.88 Å². The number of ether oxygens (including phenoxy) is 1. The molecule has 0 aromatic carbocycles. The summed E-state index contributed by atoms with van der Waals surface area (Å²) in [5.41, 5.74) is 2.75. The van der Waals surface area contributed by atoms with Gasteiger partial charge in [0.05, 0.1) is 25.0 Å². The minimum atomic E-state index is -0.138. The van der Waals surface area contributed by atoms with Crippen LogP contribution in [-0.2, 0) is 17.8 Å². The van der Waals surface area contributed by atoms with Crippen molar-refractivity contribution >= 4 is 11.8 Å². The van der Waals surface area contributed by atoms with Gasteiger partial charge in [0, 0.05) is 31.1 Å². The number of methoxy groups -OCH3 is 1. The molecule has 0 spiro atoms. The Hall–Kier alpha value is -2.48. The molecule has 0 unspecified atom stereocenters. The number of amides is 1. The van der Waals surface area contributed by atoms with E-state index in [1.54, 1.807) is 13.2 Å². The van der Waals surface area contributed by atoms with Gasteiger partial charge in [-0.3, -0.25) is 15.0 Å². The second-order valence-electron chi connectivity index (χ2n) is 6.09. The molecule has 24 heavy (non-hydrogen) atoms. The summed E-state index contributed by atoms with van der Waals surface area (Å²) in [6.07, 6.45) is 2.28.